The second kappa shape index (κ2) is 5.66. The standard InChI is InChI=1S/C11H14BrCl/c1-9(3-2-8-13)10-4-6-11(12)7-5-10/h4-7,9H,2-3,8H2,1H3. The molecule has 0 amide bonds. The van der Waals surface area contributed by atoms with E-state index in [1.807, 2.05) is 0 Å². The van der Waals surface area contributed by atoms with Crippen molar-refractivity contribution in [2.75, 3.05) is 5.88 Å². The zero-order valence-electron chi connectivity index (χ0n) is 7.76. The van der Waals surface area contributed by atoms with Crippen molar-refractivity contribution in [3.05, 3.63) is 34.3 Å². The fourth-order valence-corrected chi connectivity index (χ4v) is 1.76. The number of halogens is 2. The average molecular weight is 262 g/mol. The SMILES string of the molecule is CC(CCCCl)c1ccc(Br)cc1. The predicted octanol–water partition coefficient (Wildman–Crippen LogP) is 4.57. The molecule has 0 radical (unpaired) electrons. The third-order valence-corrected chi connectivity index (χ3v) is 3.01. The molecule has 0 aromatic heterocycles. The lowest BCUT2D eigenvalue weighted by Crippen LogP contribution is -1.93. The quantitative estimate of drug-likeness (QED) is 0.697. The highest BCUT2D eigenvalue weighted by Crippen LogP contribution is 2.22. The second-order valence-corrected chi connectivity index (χ2v) is 4.58. The van der Waals surface area contributed by atoms with E-state index in [0.717, 1.165) is 16.8 Å². The summed E-state index contributed by atoms with van der Waals surface area (Å²) < 4.78 is 1.14. The van der Waals surface area contributed by atoms with Gasteiger partial charge in [0, 0.05) is 10.4 Å². The molecule has 13 heavy (non-hydrogen) atoms. The van der Waals surface area contributed by atoms with Crippen LogP contribution in [0.3, 0.4) is 0 Å². The molecule has 0 N–H and O–H groups in total. The van der Waals surface area contributed by atoms with Crippen LogP contribution in [0.1, 0.15) is 31.2 Å². The second-order valence-electron chi connectivity index (χ2n) is 3.28. The zero-order valence-corrected chi connectivity index (χ0v) is 10.1. The summed E-state index contributed by atoms with van der Waals surface area (Å²) in [7, 11) is 0. The van der Waals surface area contributed by atoms with Crippen LogP contribution in [-0.4, -0.2) is 5.88 Å². The lowest BCUT2D eigenvalue weighted by atomic mass is 9.97. The summed E-state index contributed by atoms with van der Waals surface area (Å²) in [6.07, 6.45) is 2.27. The smallest absolute Gasteiger partial charge is 0.0223 e. The monoisotopic (exact) mass is 260 g/mol. The zero-order chi connectivity index (χ0) is 9.68. The Morgan fingerprint density at radius 3 is 2.46 bits per heavy atom. The van der Waals surface area contributed by atoms with Crippen molar-refractivity contribution in [2.24, 2.45) is 0 Å². The highest BCUT2D eigenvalue weighted by Gasteiger charge is 2.03. The molecule has 1 rings (SSSR count). The number of hydrogen-bond acceptors (Lipinski definition) is 0. The molecule has 0 saturated heterocycles. The maximum Gasteiger partial charge on any atom is 0.0223 e. The van der Waals surface area contributed by atoms with Crippen LogP contribution in [0, 0.1) is 0 Å². The van der Waals surface area contributed by atoms with Gasteiger partial charge in [0.1, 0.15) is 0 Å². The van der Waals surface area contributed by atoms with Gasteiger partial charge in [-0.1, -0.05) is 35.0 Å². The van der Waals surface area contributed by atoms with E-state index in [2.05, 4.69) is 47.1 Å². The largest absolute Gasteiger partial charge is 0.127 e. The molecule has 0 heterocycles. The van der Waals surface area contributed by atoms with Gasteiger partial charge in [-0.3, -0.25) is 0 Å². The van der Waals surface area contributed by atoms with Gasteiger partial charge in [-0.25, -0.2) is 0 Å². The van der Waals surface area contributed by atoms with Crippen molar-refractivity contribution >= 4 is 27.5 Å². The maximum atomic E-state index is 5.65. The highest BCUT2D eigenvalue weighted by atomic mass is 79.9. The number of alkyl halides is 1. The van der Waals surface area contributed by atoms with Gasteiger partial charge in [-0.15, -0.1) is 11.6 Å². The molecule has 0 saturated carbocycles. The third-order valence-electron chi connectivity index (χ3n) is 2.21. The van der Waals surface area contributed by atoms with Gasteiger partial charge in [0.05, 0.1) is 0 Å². The average Bonchev–Trinajstić information content (AvgIpc) is 2.15. The first-order valence-electron chi connectivity index (χ1n) is 4.55. The van der Waals surface area contributed by atoms with Crippen LogP contribution in [0.2, 0.25) is 0 Å². The van der Waals surface area contributed by atoms with E-state index in [4.69, 9.17) is 11.6 Å². The Bertz CT molecular complexity index is 243. The molecule has 2 heteroatoms. The minimum absolute atomic E-state index is 0.617. The molecule has 0 bridgehead atoms. The first kappa shape index (κ1) is 11.1. The summed E-state index contributed by atoms with van der Waals surface area (Å²) in [5.41, 5.74) is 1.40. The Labute approximate surface area is 93.4 Å². The first-order chi connectivity index (χ1) is 6.24. The molecule has 0 nitrogen and oxygen atoms in total. The fraction of sp³-hybridized carbons (Fsp3) is 0.455. The Morgan fingerprint density at radius 1 is 1.31 bits per heavy atom. The predicted molar refractivity (Wildman–Crippen MR) is 62.5 cm³/mol. The number of benzene rings is 1. The van der Waals surface area contributed by atoms with Crippen molar-refractivity contribution in [3.8, 4) is 0 Å². The van der Waals surface area contributed by atoms with Crippen molar-refractivity contribution in [1.82, 2.24) is 0 Å². The molecule has 1 aromatic carbocycles. The van der Waals surface area contributed by atoms with Crippen LogP contribution in [0.25, 0.3) is 0 Å². The molecule has 0 aliphatic carbocycles. The van der Waals surface area contributed by atoms with Crippen molar-refractivity contribution in [2.45, 2.75) is 25.7 Å². The molecular formula is C11H14BrCl. The molecular weight excluding hydrogens is 247 g/mol. The normalized spacial score (nSPS) is 12.8. The van der Waals surface area contributed by atoms with Gasteiger partial charge in [-0.05, 0) is 36.5 Å². The van der Waals surface area contributed by atoms with E-state index < -0.39 is 0 Å². The summed E-state index contributed by atoms with van der Waals surface area (Å²) >= 11 is 9.08. The van der Waals surface area contributed by atoms with Crippen molar-refractivity contribution < 1.29 is 0 Å². The summed E-state index contributed by atoms with van der Waals surface area (Å²) in [4.78, 5) is 0. The van der Waals surface area contributed by atoms with E-state index in [1.165, 1.54) is 12.0 Å². The van der Waals surface area contributed by atoms with Gasteiger partial charge in [-0.2, -0.15) is 0 Å². The molecule has 1 atom stereocenters. The molecule has 72 valence electrons. The molecule has 1 aromatic rings. The summed E-state index contributed by atoms with van der Waals surface area (Å²) in [5, 5.41) is 0. The Balaban J connectivity index is 2.55. The van der Waals surface area contributed by atoms with E-state index in [-0.39, 0.29) is 0 Å². The van der Waals surface area contributed by atoms with E-state index in [9.17, 15) is 0 Å². The van der Waals surface area contributed by atoms with Crippen molar-refractivity contribution in [1.29, 1.82) is 0 Å². The molecule has 0 aliphatic rings. The molecule has 0 aliphatic heterocycles. The lowest BCUT2D eigenvalue weighted by molar-refractivity contribution is 0.667. The van der Waals surface area contributed by atoms with E-state index >= 15 is 0 Å². The highest BCUT2D eigenvalue weighted by molar-refractivity contribution is 9.10. The van der Waals surface area contributed by atoms with Gasteiger partial charge < -0.3 is 0 Å². The van der Waals surface area contributed by atoms with Gasteiger partial charge in [0.2, 0.25) is 0 Å². The lowest BCUT2D eigenvalue weighted by Gasteiger charge is -2.10. The van der Waals surface area contributed by atoms with Gasteiger partial charge >= 0.3 is 0 Å². The molecule has 0 spiro atoms. The summed E-state index contributed by atoms with van der Waals surface area (Å²) in [6, 6.07) is 8.52. The van der Waals surface area contributed by atoms with Gasteiger partial charge in [0.15, 0.2) is 0 Å². The van der Waals surface area contributed by atoms with Crippen LogP contribution in [0.5, 0.6) is 0 Å². The Kier molecular flexibility index (Phi) is 4.82. The maximum absolute atomic E-state index is 5.65. The van der Waals surface area contributed by atoms with Crippen molar-refractivity contribution in [3.63, 3.8) is 0 Å². The van der Waals surface area contributed by atoms with Crippen LogP contribution in [-0.2, 0) is 0 Å². The third kappa shape index (κ3) is 3.70. The molecule has 1 unspecified atom stereocenters. The number of rotatable bonds is 4. The van der Waals surface area contributed by atoms with Crippen LogP contribution < -0.4 is 0 Å². The Hall–Kier alpha value is -0.0100. The minimum Gasteiger partial charge on any atom is -0.127 e. The minimum atomic E-state index is 0.617. The summed E-state index contributed by atoms with van der Waals surface area (Å²) in [6.45, 7) is 2.25. The van der Waals surface area contributed by atoms with Crippen LogP contribution >= 0.6 is 27.5 Å². The van der Waals surface area contributed by atoms with E-state index in [1.54, 1.807) is 0 Å². The number of hydrogen-bond donors (Lipinski definition) is 0. The van der Waals surface area contributed by atoms with Crippen LogP contribution in [0.4, 0.5) is 0 Å². The molecule has 0 fully saturated rings. The van der Waals surface area contributed by atoms with Gasteiger partial charge in [0.25, 0.3) is 0 Å². The Morgan fingerprint density at radius 2 is 1.92 bits per heavy atom. The topological polar surface area (TPSA) is 0 Å². The fourth-order valence-electron chi connectivity index (χ4n) is 1.34. The summed E-state index contributed by atoms with van der Waals surface area (Å²) in [5.74, 6) is 1.38. The van der Waals surface area contributed by atoms with Crippen LogP contribution in [0.15, 0.2) is 28.7 Å². The van der Waals surface area contributed by atoms with E-state index in [0.29, 0.717) is 5.92 Å². The first-order valence-corrected chi connectivity index (χ1v) is 5.88.